The Labute approximate surface area is 198 Å². The Morgan fingerprint density at radius 2 is 1.88 bits per heavy atom. The van der Waals surface area contributed by atoms with Crippen LogP contribution >= 0.6 is 0 Å². The number of halogens is 1. The summed E-state index contributed by atoms with van der Waals surface area (Å²) in [5, 5.41) is 5.80. The molecule has 1 N–H and O–H groups in total. The van der Waals surface area contributed by atoms with Crippen molar-refractivity contribution in [2.24, 2.45) is 0 Å². The molecular weight excluding hydrogens is 431 g/mol. The number of aromatic nitrogens is 3. The molecular formula is C27H29FN4O2. The monoisotopic (exact) mass is 460 g/mol. The van der Waals surface area contributed by atoms with Crippen LogP contribution in [0.5, 0.6) is 5.75 Å². The van der Waals surface area contributed by atoms with E-state index in [1.54, 1.807) is 23.9 Å². The third kappa shape index (κ3) is 4.06. The zero-order valence-corrected chi connectivity index (χ0v) is 19.8. The van der Waals surface area contributed by atoms with Crippen molar-refractivity contribution in [3.63, 3.8) is 0 Å². The quantitative estimate of drug-likeness (QED) is 0.452. The van der Waals surface area contributed by atoms with Crippen LogP contribution in [0.2, 0.25) is 0 Å². The Bertz CT molecular complexity index is 1330. The van der Waals surface area contributed by atoms with E-state index in [-0.39, 0.29) is 11.7 Å². The summed E-state index contributed by atoms with van der Waals surface area (Å²) in [5.41, 5.74) is 5.89. The van der Waals surface area contributed by atoms with Crippen LogP contribution in [0.3, 0.4) is 0 Å². The molecule has 0 bridgehead atoms. The molecule has 176 valence electrons. The molecule has 0 spiro atoms. The van der Waals surface area contributed by atoms with Crippen molar-refractivity contribution < 1.29 is 13.9 Å². The average molecular weight is 461 g/mol. The normalized spacial score (nSPS) is 14.6. The van der Waals surface area contributed by atoms with Crippen molar-refractivity contribution in [1.29, 1.82) is 0 Å². The lowest BCUT2D eigenvalue weighted by atomic mass is 9.89. The number of hydrogen-bond acceptors (Lipinski definition) is 3. The van der Waals surface area contributed by atoms with Crippen LogP contribution in [0.1, 0.15) is 41.3 Å². The van der Waals surface area contributed by atoms with Crippen LogP contribution in [-0.2, 0) is 11.2 Å². The first-order chi connectivity index (χ1) is 16.4. The lowest BCUT2D eigenvalue weighted by molar-refractivity contribution is -0.131. The summed E-state index contributed by atoms with van der Waals surface area (Å²) in [6.45, 7) is 5.37. The van der Waals surface area contributed by atoms with Gasteiger partial charge in [0.1, 0.15) is 11.6 Å². The third-order valence-electron chi connectivity index (χ3n) is 7.05. The summed E-state index contributed by atoms with van der Waals surface area (Å²) in [6.07, 6.45) is 4.29. The van der Waals surface area contributed by atoms with Gasteiger partial charge >= 0.3 is 0 Å². The maximum absolute atomic E-state index is 13.3. The highest BCUT2D eigenvalue weighted by molar-refractivity contribution is 5.85. The molecule has 5 rings (SSSR count). The number of benzene rings is 2. The Balaban J connectivity index is 1.27. The molecule has 1 aliphatic rings. The minimum Gasteiger partial charge on any atom is -0.497 e. The van der Waals surface area contributed by atoms with Gasteiger partial charge in [-0.05, 0) is 80.6 Å². The topological polar surface area (TPSA) is 63.1 Å². The highest BCUT2D eigenvalue weighted by Gasteiger charge is 2.27. The van der Waals surface area contributed by atoms with E-state index in [1.165, 1.54) is 23.1 Å². The number of carbonyl (C=O) groups is 1. The molecule has 1 amide bonds. The summed E-state index contributed by atoms with van der Waals surface area (Å²) >= 11 is 0. The first-order valence-corrected chi connectivity index (χ1v) is 11.7. The van der Waals surface area contributed by atoms with Gasteiger partial charge in [-0.3, -0.25) is 4.79 Å². The van der Waals surface area contributed by atoms with Gasteiger partial charge in [0.2, 0.25) is 5.91 Å². The number of fused-ring (bicyclic) bond motifs is 1. The fourth-order valence-corrected chi connectivity index (χ4v) is 5.05. The van der Waals surface area contributed by atoms with E-state index in [0.29, 0.717) is 12.3 Å². The lowest BCUT2D eigenvalue weighted by Gasteiger charge is -2.32. The molecule has 34 heavy (non-hydrogen) atoms. The number of aromatic amines is 1. The number of aryl methyl sites for hydroxylation is 1. The number of amides is 1. The SMILES string of the molecule is COc1ccc2[nH]cc(C3CCN(C(=O)Cc4c(C)nn(-c5ccc(F)cc5)c4C)CC3)c2c1. The van der Waals surface area contributed by atoms with Gasteiger partial charge in [-0.1, -0.05) is 0 Å². The maximum atomic E-state index is 13.3. The van der Waals surface area contributed by atoms with E-state index in [1.807, 2.05) is 30.9 Å². The average Bonchev–Trinajstić information content (AvgIpc) is 3.40. The van der Waals surface area contributed by atoms with Crippen LogP contribution < -0.4 is 4.74 Å². The number of likely N-dealkylation sites (tertiary alicyclic amines) is 1. The number of H-pyrrole nitrogens is 1. The number of nitrogens with one attached hydrogen (secondary N) is 1. The summed E-state index contributed by atoms with van der Waals surface area (Å²) in [7, 11) is 1.68. The molecule has 6 nitrogen and oxygen atoms in total. The Morgan fingerprint density at radius 1 is 1.15 bits per heavy atom. The number of methoxy groups -OCH3 is 1. The molecule has 0 atom stereocenters. The first-order valence-electron chi connectivity index (χ1n) is 11.7. The fraction of sp³-hybridized carbons (Fsp3) is 0.333. The summed E-state index contributed by atoms with van der Waals surface area (Å²) in [6, 6.07) is 12.3. The van der Waals surface area contributed by atoms with Crippen LogP contribution in [0.25, 0.3) is 16.6 Å². The highest BCUT2D eigenvalue weighted by Crippen LogP contribution is 2.35. The molecule has 1 saturated heterocycles. The van der Waals surface area contributed by atoms with Gasteiger partial charge < -0.3 is 14.6 Å². The van der Waals surface area contributed by atoms with E-state index < -0.39 is 0 Å². The van der Waals surface area contributed by atoms with E-state index in [9.17, 15) is 9.18 Å². The molecule has 0 saturated carbocycles. The van der Waals surface area contributed by atoms with E-state index >= 15 is 0 Å². The van der Waals surface area contributed by atoms with Gasteiger partial charge in [-0.2, -0.15) is 5.10 Å². The number of nitrogens with zero attached hydrogens (tertiary/aromatic N) is 3. The van der Waals surface area contributed by atoms with E-state index in [0.717, 1.165) is 59.8 Å². The van der Waals surface area contributed by atoms with Crippen LogP contribution in [0.15, 0.2) is 48.7 Å². The first kappa shape index (κ1) is 22.2. The fourth-order valence-electron chi connectivity index (χ4n) is 5.05. The van der Waals surface area contributed by atoms with Crippen molar-refractivity contribution >= 4 is 16.8 Å². The number of hydrogen-bond donors (Lipinski definition) is 1. The van der Waals surface area contributed by atoms with Gasteiger partial charge in [0.15, 0.2) is 0 Å². The zero-order chi connectivity index (χ0) is 23.8. The summed E-state index contributed by atoms with van der Waals surface area (Å²) in [5.74, 6) is 1.11. The standard InChI is InChI=1S/C27H29FN4O2/c1-17-23(18(2)32(30-17)21-6-4-20(28)5-7-21)15-27(33)31-12-10-19(11-13-31)25-16-29-26-9-8-22(34-3)14-24(25)26/h4-9,14,16,19,29H,10-13,15H2,1-3H3. The van der Waals surface area contributed by atoms with Gasteiger partial charge in [-0.15, -0.1) is 0 Å². The molecule has 0 radical (unpaired) electrons. The Morgan fingerprint density at radius 3 is 2.59 bits per heavy atom. The number of piperidine rings is 1. The van der Waals surface area contributed by atoms with Crippen molar-refractivity contribution in [1.82, 2.24) is 19.7 Å². The second kappa shape index (κ2) is 8.97. The van der Waals surface area contributed by atoms with Crippen LogP contribution in [-0.4, -0.2) is 45.8 Å². The molecule has 0 aliphatic carbocycles. The minimum absolute atomic E-state index is 0.129. The molecule has 2 aromatic carbocycles. The zero-order valence-electron chi connectivity index (χ0n) is 19.8. The summed E-state index contributed by atoms with van der Waals surface area (Å²) in [4.78, 5) is 18.5. The molecule has 7 heteroatoms. The Hall–Kier alpha value is -3.61. The van der Waals surface area contributed by atoms with Gasteiger partial charge in [0, 0.05) is 41.4 Å². The highest BCUT2D eigenvalue weighted by atomic mass is 19.1. The maximum Gasteiger partial charge on any atom is 0.227 e. The van der Waals surface area contributed by atoms with Crippen LogP contribution in [0, 0.1) is 19.7 Å². The second-order valence-corrected chi connectivity index (χ2v) is 9.02. The number of rotatable bonds is 5. The van der Waals surface area contributed by atoms with Crippen molar-refractivity contribution in [3.8, 4) is 11.4 Å². The van der Waals surface area contributed by atoms with Gasteiger partial charge in [-0.25, -0.2) is 9.07 Å². The van der Waals surface area contributed by atoms with Crippen LogP contribution in [0.4, 0.5) is 4.39 Å². The largest absolute Gasteiger partial charge is 0.497 e. The number of ether oxygens (including phenoxy) is 1. The predicted molar refractivity (Wildman–Crippen MR) is 130 cm³/mol. The molecule has 1 aliphatic heterocycles. The van der Waals surface area contributed by atoms with Crippen molar-refractivity contribution in [2.45, 2.75) is 39.0 Å². The van der Waals surface area contributed by atoms with E-state index in [4.69, 9.17) is 4.74 Å². The minimum atomic E-state index is -0.282. The predicted octanol–water partition coefficient (Wildman–Crippen LogP) is 5.07. The number of carbonyl (C=O) groups excluding carboxylic acids is 1. The van der Waals surface area contributed by atoms with Crippen molar-refractivity contribution in [2.75, 3.05) is 20.2 Å². The molecule has 0 unspecified atom stereocenters. The third-order valence-corrected chi connectivity index (χ3v) is 7.05. The second-order valence-electron chi connectivity index (χ2n) is 9.02. The van der Waals surface area contributed by atoms with Gasteiger partial charge in [0.05, 0.1) is 24.9 Å². The smallest absolute Gasteiger partial charge is 0.227 e. The molecule has 3 heterocycles. The Kier molecular flexibility index (Phi) is 5.86. The lowest BCUT2D eigenvalue weighted by Crippen LogP contribution is -2.38. The molecule has 1 fully saturated rings. The van der Waals surface area contributed by atoms with Crippen molar-refractivity contribution in [3.05, 3.63) is 77.0 Å². The molecule has 2 aromatic heterocycles. The molecule has 4 aromatic rings. The van der Waals surface area contributed by atoms with E-state index in [2.05, 4.69) is 22.3 Å². The summed E-state index contributed by atoms with van der Waals surface area (Å²) < 4.78 is 20.5. The van der Waals surface area contributed by atoms with Gasteiger partial charge in [0.25, 0.3) is 0 Å².